The molecular weight excluding hydrogens is 370 g/mol. The second kappa shape index (κ2) is 9.13. The van der Waals surface area contributed by atoms with Gasteiger partial charge in [0.1, 0.15) is 18.1 Å². The summed E-state index contributed by atoms with van der Waals surface area (Å²) in [4.78, 5) is 12.3. The first-order valence-electron chi connectivity index (χ1n) is 7.71. The van der Waals surface area contributed by atoms with Gasteiger partial charge in [-0.05, 0) is 64.8 Å². The third-order valence-corrected chi connectivity index (χ3v) is 3.76. The topological polar surface area (TPSA) is 47.6 Å². The molecule has 0 radical (unpaired) electrons. The second-order valence-corrected chi connectivity index (χ2v) is 5.93. The molecule has 0 saturated heterocycles. The molecule has 0 aliphatic heterocycles. The average Bonchev–Trinajstić information content (AvgIpc) is 2.60. The molecule has 0 fully saturated rings. The zero-order chi connectivity index (χ0) is 17.4. The summed E-state index contributed by atoms with van der Waals surface area (Å²) in [7, 11) is 0. The summed E-state index contributed by atoms with van der Waals surface area (Å²) in [6.45, 7) is 6.74. The number of benzene rings is 2. The fourth-order valence-corrected chi connectivity index (χ4v) is 2.46. The smallest absolute Gasteiger partial charge is 0.255 e. The molecule has 0 spiro atoms. The minimum Gasteiger partial charge on any atom is -0.492 e. The molecule has 4 nitrogen and oxygen atoms in total. The third kappa shape index (κ3) is 5.13. The van der Waals surface area contributed by atoms with Crippen LogP contribution in [-0.4, -0.2) is 19.1 Å². The molecule has 2 aromatic rings. The van der Waals surface area contributed by atoms with E-state index in [1.807, 2.05) is 6.92 Å². The van der Waals surface area contributed by atoms with E-state index in [-0.39, 0.29) is 5.91 Å². The highest BCUT2D eigenvalue weighted by molar-refractivity contribution is 9.10. The van der Waals surface area contributed by atoms with Crippen LogP contribution in [0.2, 0.25) is 0 Å². The first-order chi connectivity index (χ1) is 11.6. The lowest BCUT2D eigenvalue weighted by Gasteiger charge is -2.10. The van der Waals surface area contributed by atoms with Crippen LogP contribution < -0.4 is 14.8 Å². The summed E-state index contributed by atoms with van der Waals surface area (Å²) in [5, 5.41) is 2.86. The molecule has 2 rings (SSSR count). The number of ether oxygens (including phenoxy) is 2. The predicted molar refractivity (Wildman–Crippen MR) is 100 cm³/mol. The molecular formula is C19H20BrNO3. The van der Waals surface area contributed by atoms with Gasteiger partial charge in [0, 0.05) is 11.3 Å². The second-order valence-electron chi connectivity index (χ2n) is 5.07. The standard InChI is InChI=1S/C19H20BrNO3/c1-3-11-23-16-8-6-15(7-9-16)21-19(22)14-5-10-18(17(20)13-14)24-12-4-2/h3,5-10,13H,1,4,11-12H2,2H3,(H,21,22). The third-order valence-electron chi connectivity index (χ3n) is 3.14. The maximum atomic E-state index is 12.3. The zero-order valence-electron chi connectivity index (χ0n) is 13.5. The molecule has 1 amide bonds. The van der Waals surface area contributed by atoms with Gasteiger partial charge in [0.2, 0.25) is 0 Å². The van der Waals surface area contributed by atoms with Crippen LogP contribution in [0.4, 0.5) is 5.69 Å². The van der Waals surface area contributed by atoms with Gasteiger partial charge in [-0.2, -0.15) is 0 Å². The number of carbonyl (C=O) groups is 1. The number of hydrogen-bond donors (Lipinski definition) is 1. The van der Waals surface area contributed by atoms with E-state index in [0.717, 1.165) is 22.4 Å². The molecule has 0 aliphatic rings. The van der Waals surface area contributed by atoms with Crippen LogP contribution in [0, 0.1) is 0 Å². The van der Waals surface area contributed by atoms with Crippen LogP contribution in [0.15, 0.2) is 59.6 Å². The molecule has 0 saturated carbocycles. The fraction of sp³-hybridized carbons (Fsp3) is 0.211. The molecule has 1 N–H and O–H groups in total. The van der Waals surface area contributed by atoms with Gasteiger partial charge in [-0.3, -0.25) is 4.79 Å². The van der Waals surface area contributed by atoms with E-state index in [1.165, 1.54) is 0 Å². The van der Waals surface area contributed by atoms with Crippen LogP contribution >= 0.6 is 15.9 Å². The summed E-state index contributed by atoms with van der Waals surface area (Å²) in [6.07, 6.45) is 2.61. The molecule has 0 bridgehead atoms. The minimum absolute atomic E-state index is 0.183. The zero-order valence-corrected chi connectivity index (χ0v) is 15.1. The first-order valence-corrected chi connectivity index (χ1v) is 8.50. The average molecular weight is 390 g/mol. The lowest BCUT2D eigenvalue weighted by atomic mass is 10.2. The Morgan fingerprint density at radius 3 is 2.58 bits per heavy atom. The summed E-state index contributed by atoms with van der Waals surface area (Å²) in [5.74, 6) is 1.28. The van der Waals surface area contributed by atoms with Crippen LogP contribution in [-0.2, 0) is 0 Å². The van der Waals surface area contributed by atoms with Crippen molar-refractivity contribution in [2.75, 3.05) is 18.5 Å². The summed E-state index contributed by atoms with van der Waals surface area (Å²) >= 11 is 3.44. The first kappa shape index (κ1) is 18.1. The highest BCUT2D eigenvalue weighted by Crippen LogP contribution is 2.26. The van der Waals surface area contributed by atoms with E-state index < -0.39 is 0 Å². The number of halogens is 1. The highest BCUT2D eigenvalue weighted by Gasteiger charge is 2.10. The van der Waals surface area contributed by atoms with Gasteiger partial charge < -0.3 is 14.8 Å². The van der Waals surface area contributed by atoms with Gasteiger partial charge in [0.15, 0.2) is 0 Å². The number of rotatable bonds is 8. The number of amides is 1. The van der Waals surface area contributed by atoms with E-state index >= 15 is 0 Å². The Kier molecular flexibility index (Phi) is 6.88. The quantitative estimate of drug-likeness (QED) is 0.642. The Labute approximate surface area is 150 Å². The lowest BCUT2D eigenvalue weighted by molar-refractivity contribution is 0.102. The van der Waals surface area contributed by atoms with Crippen LogP contribution in [0.1, 0.15) is 23.7 Å². The summed E-state index contributed by atoms with van der Waals surface area (Å²) < 4.78 is 11.8. The number of hydrogen-bond acceptors (Lipinski definition) is 3. The van der Waals surface area contributed by atoms with Crippen molar-refractivity contribution in [3.8, 4) is 11.5 Å². The summed E-state index contributed by atoms with van der Waals surface area (Å²) in [6, 6.07) is 12.5. The Balaban J connectivity index is 2.01. The Morgan fingerprint density at radius 2 is 1.96 bits per heavy atom. The lowest BCUT2D eigenvalue weighted by Crippen LogP contribution is -2.12. The number of carbonyl (C=O) groups excluding carboxylic acids is 1. The molecule has 0 unspecified atom stereocenters. The molecule has 126 valence electrons. The molecule has 5 heteroatoms. The minimum atomic E-state index is -0.183. The van der Waals surface area contributed by atoms with Crippen LogP contribution in [0.25, 0.3) is 0 Å². The number of nitrogens with one attached hydrogen (secondary N) is 1. The maximum absolute atomic E-state index is 12.3. The van der Waals surface area contributed by atoms with E-state index in [2.05, 4.69) is 27.8 Å². The van der Waals surface area contributed by atoms with Gasteiger partial charge in [-0.15, -0.1) is 0 Å². The van der Waals surface area contributed by atoms with Crippen molar-refractivity contribution < 1.29 is 14.3 Å². The Bertz CT molecular complexity index is 698. The van der Waals surface area contributed by atoms with Crippen molar-refractivity contribution >= 4 is 27.5 Å². The van der Waals surface area contributed by atoms with E-state index in [9.17, 15) is 4.79 Å². The van der Waals surface area contributed by atoms with Gasteiger partial charge in [-0.1, -0.05) is 19.6 Å². The maximum Gasteiger partial charge on any atom is 0.255 e. The molecule has 0 atom stereocenters. The molecule has 0 heterocycles. The van der Waals surface area contributed by atoms with Crippen molar-refractivity contribution in [1.82, 2.24) is 0 Å². The van der Waals surface area contributed by atoms with E-state index in [0.29, 0.717) is 24.5 Å². The molecule has 0 aliphatic carbocycles. The normalized spacial score (nSPS) is 10.1. The monoisotopic (exact) mass is 389 g/mol. The van der Waals surface area contributed by atoms with Gasteiger partial charge >= 0.3 is 0 Å². The van der Waals surface area contributed by atoms with Crippen molar-refractivity contribution in [2.24, 2.45) is 0 Å². The highest BCUT2D eigenvalue weighted by atomic mass is 79.9. The Hall–Kier alpha value is -2.27. The largest absolute Gasteiger partial charge is 0.492 e. The van der Waals surface area contributed by atoms with E-state index in [1.54, 1.807) is 48.5 Å². The van der Waals surface area contributed by atoms with Crippen molar-refractivity contribution in [3.05, 3.63) is 65.2 Å². The van der Waals surface area contributed by atoms with Gasteiger partial charge in [-0.25, -0.2) is 0 Å². The predicted octanol–water partition coefficient (Wildman–Crippen LogP) is 5.06. The number of anilines is 1. The van der Waals surface area contributed by atoms with Crippen molar-refractivity contribution in [1.29, 1.82) is 0 Å². The van der Waals surface area contributed by atoms with Crippen LogP contribution in [0.3, 0.4) is 0 Å². The Morgan fingerprint density at radius 1 is 1.21 bits per heavy atom. The molecule has 2 aromatic carbocycles. The van der Waals surface area contributed by atoms with E-state index in [4.69, 9.17) is 9.47 Å². The van der Waals surface area contributed by atoms with Crippen LogP contribution in [0.5, 0.6) is 11.5 Å². The summed E-state index contributed by atoms with van der Waals surface area (Å²) in [5.41, 5.74) is 1.26. The van der Waals surface area contributed by atoms with Gasteiger partial charge in [0.05, 0.1) is 11.1 Å². The molecule has 0 aromatic heterocycles. The van der Waals surface area contributed by atoms with Gasteiger partial charge in [0.25, 0.3) is 5.91 Å². The van der Waals surface area contributed by atoms with Crippen molar-refractivity contribution in [2.45, 2.75) is 13.3 Å². The fourth-order valence-electron chi connectivity index (χ4n) is 1.96. The SMILES string of the molecule is C=CCOc1ccc(NC(=O)c2ccc(OCCC)c(Br)c2)cc1. The van der Waals surface area contributed by atoms with Crippen molar-refractivity contribution in [3.63, 3.8) is 0 Å². The molecule has 24 heavy (non-hydrogen) atoms.